The highest BCUT2D eigenvalue weighted by Gasteiger charge is 2.34. The molecule has 1 aliphatic rings. The van der Waals surface area contributed by atoms with Crippen LogP contribution >= 0.6 is 11.8 Å². The smallest absolute Gasteiger partial charge is 0.284 e. The maximum Gasteiger partial charge on any atom is 0.408 e. The van der Waals surface area contributed by atoms with Crippen molar-refractivity contribution in [3.63, 3.8) is 0 Å². The normalized spacial score (nSPS) is 16.9. The fraction of sp³-hybridized carbons (Fsp3) is 0.391. The molecule has 1 aliphatic heterocycles. The third-order valence-corrected chi connectivity index (χ3v) is 5.91. The van der Waals surface area contributed by atoms with Gasteiger partial charge in [0, 0.05) is 5.69 Å². The van der Waals surface area contributed by atoms with E-state index in [1.54, 1.807) is 4.90 Å². The zero-order valence-corrected chi connectivity index (χ0v) is 18.8. The van der Waals surface area contributed by atoms with Crippen molar-refractivity contribution >= 4 is 28.6 Å². The molecule has 0 radical (unpaired) electrons. The Morgan fingerprint density at radius 1 is 1.00 bits per heavy atom. The maximum atomic E-state index is 13.3. The summed E-state index contributed by atoms with van der Waals surface area (Å²) in [5.41, 5.74) is 3.71. The molecule has 2 aromatic rings. The largest absolute Gasteiger partial charge is 0.408 e. The van der Waals surface area contributed by atoms with E-state index in [2.05, 4.69) is 25.8 Å². The van der Waals surface area contributed by atoms with Gasteiger partial charge in [-0.15, -0.1) is 0 Å². The molecular weight excluding hydrogens is 423 g/mol. The summed E-state index contributed by atoms with van der Waals surface area (Å²) in [7, 11) is 0. The van der Waals surface area contributed by atoms with Crippen LogP contribution in [0.3, 0.4) is 0 Å². The molecule has 0 N–H and O–H groups in total. The second-order valence-corrected chi connectivity index (χ2v) is 9.48. The van der Waals surface area contributed by atoms with Crippen LogP contribution in [0.2, 0.25) is 0 Å². The minimum Gasteiger partial charge on any atom is -0.284 e. The molecule has 1 heterocycles. The summed E-state index contributed by atoms with van der Waals surface area (Å²) in [4.78, 5) is 19.8. The number of aryl methyl sites for hydroxylation is 1. The summed E-state index contributed by atoms with van der Waals surface area (Å²) in [5, 5.41) is 0.0885. The van der Waals surface area contributed by atoms with Gasteiger partial charge in [0.15, 0.2) is 5.17 Å². The number of nitrogens with zero attached hydrogens (tertiary/aromatic N) is 3. The van der Waals surface area contributed by atoms with Gasteiger partial charge in [-0.2, -0.15) is 13.2 Å². The van der Waals surface area contributed by atoms with E-state index >= 15 is 0 Å². The molecule has 0 aliphatic carbocycles. The summed E-state index contributed by atoms with van der Waals surface area (Å²) in [6.45, 7) is 7.10. The van der Waals surface area contributed by atoms with Crippen LogP contribution in [-0.2, 0) is 12.0 Å². The molecule has 31 heavy (non-hydrogen) atoms. The summed E-state index contributed by atoms with van der Waals surface area (Å²) >= 11 is 1.13. The topological polar surface area (TPSA) is 35.9 Å². The van der Waals surface area contributed by atoms with Crippen molar-refractivity contribution in [3.05, 3.63) is 65.2 Å². The lowest BCUT2D eigenvalue weighted by Crippen LogP contribution is -2.50. The van der Waals surface area contributed by atoms with Crippen LogP contribution in [0.1, 0.15) is 37.5 Å². The standard InChI is InChI=1S/C23H26F3N3OS/c1-16-5-11-19(12-6-16)29-15-31-20(27-14-23(24,25)26)28(21(29)30)13-17-7-9-18(10-8-17)22(2,3)4/h5-12H,13-15H2,1-4H3/b27-20+. The monoisotopic (exact) mass is 449 g/mol. The average Bonchev–Trinajstić information content (AvgIpc) is 2.68. The molecule has 166 valence electrons. The summed E-state index contributed by atoms with van der Waals surface area (Å²) in [6.07, 6.45) is -4.43. The summed E-state index contributed by atoms with van der Waals surface area (Å²) in [6, 6.07) is 14.9. The molecule has 2 amide bonds. The number of urea groups is 1. The zero-order chi connectivity index (χ0) is 22.8. The molecule has 0 bridgehead atoms. The first-order valence-electron chi connectivity index (χ1n) is 9.93. The number of carbonyl (C=O) groups excluding carboxylic acids is 1. The number of amidine groups is 1. The molecule has 0 atom stereocenters. The first-order valence-corrected chi connectivity index (χ1v) is 10.9. The second-order valence-electron chi connectivity index (χ2n) is 8.57. The van der Waals surface area contributed by atoms with Gasteiger partial charge in [-0.05, 0) is 35.6 Å². The third-order valence-electron chi connectivity index (χ3n) is 4.92. The predicted octanol–water partition coefficient (Wildman–Crippen LogP) is 6.34. The van der Waals surface area contributed by atoms with Crippen LogP contribution in [-0.4, -0.2) is 34.7 Å². The van der Waals surface area contributed by atoms with Crippen LogP contribution in [0, 0.1) is 6.92 Å². The van der Waals surface area contributed by atoms with Crippen LogP contribution in [0.25, 0.3) is 0 Å². The number of hydrogen-bond acceptors (Lipinski definition) is 3. The number of aliphatic imine (C=N–C) groups is 1. The Bertz CT molecular complexity index is 948. The van der Waals surface area contributed by atoms with E-state index in [1.165, 1.54) is 4.90 Å². The SMILES string of the molecule is Cc1ccc(N2CS/C(=N/CC(F)(F)F)N(Cc3ccc(C(C)(C)C)cc3)C2=O)cc1. The predicted molar refractivity (Wildman–Crippen MR) is 121 cm³/mol. The fourth-order valence-electron chi connectivity index (χ4n) is 3.11. The number of benzene rings is 2. The number of alkyl halides is 3. The lowest BCUT2D eigenvalue weighted by molar-refractivity contribution is -0.118. The number of anilines is 1. The van der Waals surface area contributed by atoms with E-state index in [4.69, 9.17) is 0 Å². The number of thioether (sulfide) groups is 1. The van der Waals surface area contributed by atoms with E-state index in [9.17, 15) is 18.0 Å². The van der Waals surface area contributed by atoms with Crippen molar-refractivity contribution in [2.75, 3.05) is 17.3 Å². The van der Waals surface area contributed by atoms with Crippen LogP contribution in [0.4, 0.5) is 23.7 Å². The Kier molecular flexibility index (Phi) is 6.69. The summed E-state index contributed by atoms with van der Waals surface area (Å²) < 4.78 is 38.3. The Labute approximate surface area is 185 Å². The van der Waals surface area contributed by atoms with Gasteiger partial charge in [-0.25, -0.2) is 4.79 Å². The van der Waals surface area contributed by atoms with Crippen molar-refractivity contribution in [1.29, 1.82) is 0 Å². The molecule has 1 fully saturated rings. The van der Waals surface area contributed by atoms with Crippen molar-refractivity contribution in [3.8, 4) is 0 Å². The van der Waals surface area contributed by atoms with Crippen molar-refractivity contribution in [1.82, 2.24) is 4.90 Å². The highest BCUT2D eigenvalue weighted by atomic mass is 32.2. The Hall–Kier alpha value is -2.48. The second kappa shape index (κ2) is 8.94. The molecule has 4 nitrogen and oxygen atoms in total. The van der Waals surface area contributed by atoms with Crippen LogP contribution in [0.15, 0.2) is 53.5 Å². The number of carbonyl (C=O) groups is 1. The van der Waals surface area contributed by atoms with Gasteiger partial charge in [0.1, 0.15) is 6.54 Å². The van der Waals surface area contributed by atoms with Gasteiger partial charge >= 0.3 is 12.2 Å². The van der Waals surface area contributed by atoms with Crippen molar-refractivity contribution < 1.29 is 18.0 Å². The van der Waals surface area contributed by atoms with Gasteiger partial charge in [-0.3, -0.25) is 14.8 Å². The minimum atomic E-state index is -4.43. The molecule has 3 rings (SSSR count). The molecule has 0 unspecified atom stereocenters. The Morgan fingerprint density at radius 3 is 2.16 bits per heavy atom. The molecule has 1 saturated heterocycles. The van der Waals surface area contributed by atoms with E-state index in [0.29, 0.717) is 5.69 Å². The molecule has 2 aromatic carbocycles. The zero-order valence-electron chi connectivity index (χ0n) is 18.0. The number of rotatable bonds is 4. The highest BCUT2D eigenvalue weighted by Crippen LogP contribution is 2.29. The van der Waals surface area contributed by atoms with Gasteiger partial charge in [0.05, 0.1) is 12.4 Å². The Morgan fingerprint density at radius 2 is 1.61 bits per heavy atom. The van der Waals surface area contributed by atoms with E-state index in [0.717, 1.165) is 28.5 Å². The van der Waals surface area contributed by atoms with Gasteiger partial charge in [0.2, 0.25) is 0 Å². The maximum absolute atomic E-state index is 13.3. The summed E-state index contributed by atoms with van der Waals surface area (Å²) in [5.74, 6) is 0.206. The first kappa shape index (κ1) is 23.2. The molecule has 0 saturated carbocycles. The van der Waals surface area contributed by atoms with E-state index in [-0.39, 0.29) is 29.0 Å². The lowest BCUT2D eigenvalue weighted by atomic mass is 9.87. The quantitative estimate of drug-likeness (QED) is 0.546. The lowest BCUT2D eigenvalue weighted by Gasteiger charge is -2.36. The first-order chi connectivity index (χ1) is 14.4. The van der Waals surface area contributed by atoms with Crippen LogP contribution in [0.5, 0.6) is 0 Å². The number of amides is 2. The molecular formula is C23H26F3N3OS. The third kappa shape index (κ3) is 6.03. The minimum absolute atomic E-state index is 0.0170. The van der Waals surface area contributed by atoms with E-state index < -0.39 is 12.7 Å². The highest BCUT2D eigenvalue weighted by molar-refractivity contribution is 8.14. The van der Waals surface area contributed by atoms with Gasteiger partial charge in [0.25, 0.3) is 0 Å². The molecule has 0 spiro atoms. The van der Waals surface area contributed by atoms with Crippen molar-refractivity contribution in [2.45, 2.75) is 45.8 Å². The Balaban J connectivity index is 1.89. The van der Waals surface area contributed by atoms with Crippen LogP contribution < -0.4 is 4.90 Å². The van der Waals surface area contributed by atoms with Crippen molar-refractivity contribution in [2.24, 2.45) is 4.99 Å². The fourth-order valence-corrected chi connectivity index (χ4v) is 4.07. The number of halogens is 3. The molecule has 0 aromatic heterocycles. The van der Waals surface area contributed by atoms with E-state index in [1.807, 2.05) is 55.5 Å². The van der Waals surface area contributed by atoms with Gasteiger partial charge in [-0.1, -0.05) is 74.5 Å². The molecule has 8 heteroatoms. The van der Waals surface area contributed by atoms with Gasteiger partial charge < -0.3 is 0 Å². The average molecular weight is 450 g/mol. The number of hydrogen-bond donors (Lipinski definition) is 0.